The lowest BCUT2D eigenvalue weighted by Gasteiger charge is -2.03. The van der Waals surface area contributed by atoms with Crippen LogP contribution < -0.4 is 5.32 Å². The molecule has 0 aliphatic carbocycles. The first-order chi connectivity index (χ1) is 7.10. The molecule has 0 bridgehead atoms. The van der Waals surface area contributed by atoms with Crippen molar-refractivity contribution in [1.29, 1.82) is 5.26 Å². The molecule has 1 N–H and O–H groups in total. The molecule has 1 aromatic rings. The number of Topliss-reactive ketones (excluding diaryl/α,β-unsaturated/α-hetero) is 1. The molecule has 78 valence electrons. The standard InChI is InChI=1S/C9H7BrN2O3/c1-12-9(14)5(4-11)8(13)6-2-3-7(10)15-6/h2-3,5H,1H3,(H,12,14)/t5-/m1/s1. The van der Waals surface area contributed by atoms with Crippen LogP contribution in [-0.4, -0.2) is 18.7 Å². The van der Waals surface area contributed by atoms with Gasteiger partial charge in [0.2, 0.25) is 11.7 Å². The predicted octanol–water partition coefficient (Wildman–Crippen LogP) is 1.11. The monoisotopic (exact) mass is 270 g/mol. The average Bonchev–Trinajstić information content (AvgIpc) is 2.65. The molecule has 5 nitrogen and oxygen atoms in total. The molecule has 1 heterocycles. The molecule has 0 saturated carbocycles. The van der Waals surface area contributed by atoms with Crippen molar-refractivity contribution in [3.63, 3.8) is 0 Å². The minimum absolute atomic E-state index is 0.0166. The van der Waals surface area contributed by atoms with Gasteiger partial charge in [-0.2, -0.15) is 5.26 Å². The highest BCUT2D eigenvalue weighted by atomic mass is 79.9. The van der Waals surface area contributed by atoms with Gasteiger partial charge in [0.15, 0.2) is 16.3 Å². The number of rotatable bonds is 3. The third-order valence-corrected chi connectivity index (χ3v) is 2.14. The van der Waals surface area contributed by atoms with Crippen molar-refractivity contribution in [3.8, 4) is 6.07 Å². The molecule has 1 rings (SSSR count). The molecule has 0 radical (unpaired) electrons. The Morgan fingerprint density at radius 3 is 2.67 bits per heavy atom. The maximum absolute atomic E-state index is 11.6. The molecule has 1 aromatic heterocycles. The summed E-state index contributed by atoms with van der Waals surface area (Å²) < 4.78 is 5.33. The molecule has 0 fully saturated rings. The molecule has 1 amide bonds. The van der Waals surface area contributed by atoms with E-state index in [4.69, 9.17) is 9.68 Å². The molecule has 0 spiro atoms. The maximum Gasteiger partial charge on any atom is 0.245 e. The highest BCUT2D eigenvalue weighted by molar-refractivity contribution is 9.10. The lowest BCUT2D eigenvalue weighted by Crippen LogP contribution is -2.31. The number of amides is 1. The smallest absolute Gasteiger partial charge is 0.245 e. The molecular weight excluding hydrogens is 264 g/mol. The van der Waals surface area contributed by atoms with Crippen LogP contribution in [0.25, 0.3) is 0 Å². The minimum Gasteiger partial charge on any atom is -0.446 e. The summed E-state index contributed by atoms with van der Waals surface area (Å²) in [4.78, 5) is 22.7. The second-order valence-corrected chi connectivity index (χ2v) is 3.43. The van der Waals surface area contributed by atoms with Crippen LogP contribution >= 0.6 is 15.9 Å². The summed E-state index contributed by atoms with van der Waals surface area (Å²) in [6.07, 6.45) is 0. The first kappa shape index (κ1) is 11.5. The zero-order valence-electron chi connectivity index (χ0n) is 7.78. The van der Waals surface area contributed by atoms with Gasteiger partial charge >= 0.3 is 0 Å². The van der Waals surface area contributed by atoms with Crippen LogP contribution in [0.2, 0.25) is 0 Å². The lowest BCUT2D eigenvalue weighted by atomic mass is 10.0. The summed E-state index contributed by atoms with van der Waals surface area (Å²) in [5.74, 6) is -2.68. The Balaban J connectivity index is 2.93. The van der Waals surface area contributed by atoms with Crippen molar-refractivity contribution in [2.45, 2.75) is 0 Å². The Morgan fingerprint density at radius 1 is 1.60 bits per heavy atom. The Kier molecular flexibility index (Phi) is 3.63. The number of hydrogen-bond donors (Lipinski definition) is 1. The topological polar surface area (TPSA) is 83.1 Å². The fourth-order valence-electron chi connectivity index (χ4n) is 0.970. The van der Waals surface area contributed by atoms with E-state index in [2.05, 4.69) is 21.2 Å². The van der Waals surface area contributed by atoms with E-state index < -0.39 is 17.6 Å². The van der Waals surface area contributed by atoms with Gasteiger partial charge in [0.25, 0.3) is 0 Å². The van der Waals surface area contributed by atoms with Gasteiger partial charge in [0, 0.05) is 7.05 Å². The number of carbonyl (C=O) groups is 2. The number of nitrogens with one attached hydrogen (secondary N) is 1. The van der Waals surface area contributed by atoms with Crippen molar-refractivity contribution in [2.75, 3.05) is 7.05 Å². The molecular formula is C9H7BrN2O3. The zero-order valence-corrected chi connectivity index (χ0v) is 9.37. The van der Waals surface area contributed by atoms with Crippen LogP contribution in [0.4, 0.5) is 0 Å². The van der Waals surface area contributed by atoms with Gasteiger partial charge in [-0.3, -0.25) is 9.59 Å². The fraction of sp³-hybridized carbons (Fsp3) is 0.222. The number of nitriles is 1. The van der Waals surface area contributed by atoms with Crippen LogP contribution in [0.5, 0.6) is 0 Å². The van der Waals surface area contributed by atoms with E-state index in [9.17, 15) is 9.59 Å². The third-order valence-electron chi connectivity index (χ3n) is 1.72. The van der Waals surface area contributed by atoms with Gasteiger partial charge in [-0.25, -0.2) is 0 Å². The first-order valence-corrected chi connectivity index (χ1v) is 4.80. The quantitative estimate of drug-likeness (QED) is 0.659. The summed E-state index contributed by atoms with van der Waals surface area (Å²) in [6, 6.07) is 4.55. The van der Waals surface area contributed by atoms with Crippen LogP contribution in [0.3, 0.4) is 0 Å². The van der Waals surface area contributed by atoms with E-state index in [-0.39, 0.29) is 5.76 Å². The van der Waals surface area contributed by atoms with Crippen molar-refractivity contribution in [2.24, 2.45) is 5.92 Å². The molecule has 0 saturated heterocycles. The molecule has 0 aliphatic rings. The van der Waals surface area contributed by atoms with Gasteiger partial charge < -0.3 is 9.73 Å². The van der Waals surface area contributed by atoms with Crippen LogP contribution in [0.1, 0.15) is 10.6 Å². The first-order valence-electron chi connectivity index (χ1n) is 4.01. The van der Waals surface area contributed by atoms with E-state index in [0.717, 1.165) is 0 Å². The van der Waals surface area contributed by atoms with Crippen LogP contribution in [0.15, 0.2) is 21.2 Å². The molecule has 15 heavy (non-hydrogen) atoms. The third kappa shape index (κ3) is 2.44. The summed E-state index contributed by atoms with van der Waals surface area (Å²) in [5.41, 5.74) is 0. The van der Waals surface area contributed by atoms with E-state index in [1.54, 1.807) is 6.07 Å². The Hall–Kier alpha value is -1.61. The lowest BCUT2D eigenvalue weighted by molar-refractivity contribution is -0.121. The van der Waals surface area contributed by atoms with E-state index in [1.807, 2.05) is 0 Å². The van der Waals surface area contributed by atoms with Crippen LogP contribution in [-0.2, 0) is 4.79 Å². The maximum atomic E-state index is 11.6. The minimum atomic E-state index is -1.37. The van der Waals surface area contributed by atoms with Crippen LogP contribution in [0, 0.1) is 17.2 Å². The molecule has 6 heteroatoms. The number of nitrogens with zero attached hydrogens (tertiary/aromatic N) is 1. The average molecular weight is 271 g/mol. The number of ketones is 1. The highest BCUT2D eigenvalue weighted by Gasteiger charge is 2.28. The molecule has 0 aliphatic heterocycles. The Morgan fingerprint density at radius 2 is 2.27 bits per heavy atom. The van der Waals surface area contributed by atoms with Crippen molar-refractivity contribution in [3.05, 3.63) is 22.6 Å². The highest BCUT2D eigenvalue weighted by Crippen LogP contribution is 2.17. The van der Waals surface area contributed by atoms with E-state index in [0.29, 0.717) is 4.67 Å². The second kappa shape index (κ2) is 4.75. The van der Waals surface area contributed by atoms with Crippen molar-refractivity contribution >= 4 is 27.6 Å². The van der Waals surface area contributed by atoms with E-state index in [1.165, 1.54) is 19.2 Å². The van der Waals surface area contributed by atoms with Gasteiger partial charge in [0.05, 0.1) is 6.07 Å². The number of carbonyl (C=O) groups excluding carboxylic acids is 2. The van der Waals surface area contributed by atoms with E-state index >= 15 is 0 Å². The van der Waals surface area contributed by atoms with Gasteiger partial charge in [0.1, 0.15) is 0 Å². The second-order valence-electron chi connectivity index (χ2n) is 2.64. The molecule has 0 unspecified atom stereocenters. The van der Waals surface area contributed by atoms with Gasteiger partial charge in [-0.15, -0.1) is 0 Å². The number of hydrogen-bond acceptors (Lipinski definition) is 4. The van der Waals surface area contributed by atoms with Gasteiger partial charge in [-0.1, -0.05) is 0 Å². The zero-order chi connectivity index (χ0) is 11.4. The largest absolute Gasteiger partial charge is 0.446 e. The number of halogens is 1. The normalized spacial score (nSPS) is 11.5. The Labute approximate surface area is 94.2 Å². The van der Waals surface area contributed by atoms with Gasteiger partial charge in [-0.05, 0) is 28.1 Å². The molecule has 0 aromatic carbocycles. The number of furan rings is 1. The Bertz CT molecular complexity index is 433. The predicted molar refractivity (Wildman–Crippen MR) is 53.9 cm³/mol. The van der Waals surface area contributed by atoms with Crippen molar-refractivity contribution in [1.82, 2.24) is 5.32 Å². The molecule has 1 atom stereocenters. The summed E-state index contributed by atoms with van der Waals surface area (Å²) >= 11 is 3.02. The SMILES string of the molecule is CNC(=O)[C@H](C#N)C(=O)c1ccc(Br)o1. The summed E-state index contributed by atoms with van der Waals surface area (Å²) in [5, 5.41) is 10.9. The van der Waals surface area contributed by atoms with Crippen molar-refractivity contribution < 1.29 is 14.0 Å². The summed E-state index contributed by atoms with van der Waals surface area (Å²) in [6.45, 7) is 0. The fourth-order valence-corrected chi connectivity index (χ4v) is 1.28. The summed E-state index contributed by atoms with van der Waals surface area (Å²) in [7, 11) is 1.36.